The number of nitrogens with zero attached hydrogens (tertiary/aromatic N) is 3. The van der Waals surface area contributed by atoms with Crippen molar-refractivity contribution in [3.05, 3.63) is 47.0 Å². The summed E-state index contributed by atoms with van der Waals surface area (Å²) in [5, 5.41) is 4.77. The summed E-state index contributed by atoms with van der Waals surface area (Å²) in [6.07, 6.45) is 6.22. The van der Waals surface area contributed by atoms with E-state index in [0.717, 1.165) is 55.7 Å². The maximum absolute atomic E-state index is 13.7. The van der Waals surface area contributed by atoms with Crippen molar-refractivity contribution < 1.29 is 9.18 Å². The lowest BCUT2D eigenvalue weighted by atomic mass is 10.0. The number of amides is 1. The molecule has 2 heterocycles. The van der Waals surface area contributed by atoms with Crippen LogP contribution in [0.2, 0.25) is 0 Å². The molecule has 0 N–H and O–H groups in total. The van der Waals surface area contributed by atoms with E-state index in [9.17, 15) is 9.18 Å². The van der Waals surface area contributed by atoms with Gasteiger partial charge in [0.05, 0.1) is 22.6 Å². The average molecular weight is 341 g/mol. The van der Waals surface area contributed by atoms with Crippen molar-refractivity contribution in [2.24, 2.45) is 0 Å². The van der Waals surface area contributed by atoms with Crippen molar-refractivity contribution in [3.8, 4) is 5.69 Å². The molecule has 0 atom stereocenters. The van der Waals surface area contributed by atoms with Crippen LogP contribution in [0.5, 0.6) is 0 Å². The average Bonchev–Trinajstić information content (AvgIpc) is 3.41. The van der Waals surface area contributed by atoms with Gasteiger partial charge in [-0.05, 0) is 56.7 Å². The molecule has 1 aliphatic heterocycles. The number of rotatable bonds is 4. The third-order valence-corrected chi connectivity index (χ3v) is 5.22. The lowest BCUT2D eigenvalue weighted by molar-refractivity contribution is 0.0722. The van der Waals surface area contributed by atoms with Crippen molar-refractivity contribution in [3.63, 3.8) is 0 Å². The first kappa shape index (κ1) is 16.3. The molecule has 0 unspecified atom stereocenters. The van der Waals surface area contributed by atoms with Crippen molar-refractivity contribution >= 4 is 5.91 Å². The van der Waals surface area contributed by atoms with Crippen molar-refractivity contribution in [2.45, 2.75) is 51.4 Å². The molecule has 1 aromatic carbocycles. The number of piperidine rings is 1. The van der Waals surface area contributed by atoms with Crippen LogP contribution in [0, 0.1) is 5.82 Å². The molecule has 2 aromatic rings. The Kier molecular flexibility index (Phi) is 4.32. The van der Waals surface area contributed by atoms with Gasteiger partial charge in [0.15, 0.2) is 0 Å². The highest BCUT2D eigenvalue weighted by molar-refractivity contribution is 5.97. The van der Waals surface area contributed by atoms with Crippen LogP contribution in [0.15, 0.2) is 24.3 Å². The highest BCUT2D eigenvalue weighted by Crippen LogP contribution is 2.42. The fourth-order valence-electron chi connectivity index (χ4n) is 3.75. The molecule has 0 bridgehead atoms. The Morgan fingerprint density at radius 2 is 2.00 bits per heavy atom. The molecular weight excluding hydrogens is 317 g/mol. The highest BCUT2D eigenvalue weighted by atomic mass is 19.1. The Bertz CT molecular complexity index is 788. The Hall–Kier alpha value is -2.17. The zero-order valence-corrected chi connectivity index (χ0v) is 14.7. The molecule has 1 amide bonds. The second-order valence-corrected chi connectivity index (χ2v) is 7.08. The lowest BCUT2D eigenvalue weighted by Crippen LogP contribution is -2.36. The second kappa shape index (κ2) is 6.62. The van der Waals surface area contributed by atoms with Crippen LogP contribution < -0.4 is 0 Å². The van der Waals surface area contributed by atoms with E-state index in [1.807, 2.05) is 17.9 Å². The summed E-state index contributed by atoms with van der Waals surface area (Å²) < 4.78 is 15.5. The predicted molar refractivity (Wildman–Crippen MR) is 94.6 cm³/mol. The van der Waals surface area contributed by atoms with Gasteiger partial charge in [-0.2, -0.15) is 5.10 Å². The summed E-state index contributed by atoms with van der Waals surface area (Å²) >= 11 is 0. The molecule has 1 aromatic heterocycles. The molecule has 0 spiro atoms. The molecule has 2 aliphatic rings. The summed E-state index contributed by atoms with van der Waals surface area (Å²) in [5.41, 5.74) is 3.28. The number of carbonyl (C=O) groups is 1. The molecular formula is C20H24FN3O. The van der Waals surface area contributed by atoms with Gasteiger partial charge in [-0.15, -0.1) is 0 Å². The molecule has 0 radical (unpaired) electrons. The molecule has 1 saturated heterocycles. The smallest absolute Gasteiger partial charge is 0.257 e. The zero-order chi connectivity index (χ0) is 17.4. The summed E-state index contributed by atoms with van der Waals surface area (Å²) in [5.74, 6) is 0.205. The number of carbonyl (C=O) groups excluding carboxylic acids is 1. The number of halogens is 1. The van der Waals surface area contributed by atoms with Gasteiger partial charge in [-0.25, -0.2) is 9.07 Å². The minimum atomic E-state index is -0.285. The number of aromatic nitrogens is 2. The Labute approximate surface area is 147 Å². The largest absolute Gasteiger partial charge is 0.339 e. The van der Waals surface area contributed by atoms with E-state index >= 15 is 0 Å². The summed E-state index contributed by atoms with van der Waals surface area (Å²) in [4.78, 5) is 15.2. The lowest BCUT2D eigenvalue weighted by Gasteiger charge is -2.27. The third kappa shape index (κ3) is 3.08. The van der Waals surface area contributed by atoms with Crippen molar-refractivity contribution in [2.75, 3.05) is 13.1 Å². The second-order valence-electron chi connectivity index (χ2n) is 7.08. The van der Waals surface area contributed by atoms with Crippen LogP contribution in [0.4, 0.5) is 4.39 Å². The van der Waals surface area contributed by atoms with E-state index in [1.165, 1.54) is 18.6 Å². The molecule has 132 valence electrons. The predicted octanol–water partition coefficient (Wildman–Crippen LogP) is 4.08. The Morgan fingerprint density at radius 3 is 2.64 bits per heavy atom. The van der Waals surface area contributed by atoms with Crippen molar-refractivity contribution in [1.29, 1.82) is 0 Å². The van der Waals surface area contributed by atoms with Crippen molar-refractivity contribution in [1.82, 2.24) is 14.7 Å². The molecule has 25 heavy (non-hydrogen) atoms. The number of hydrogen-bond acceptors (Lipinski definition) is 2. The van der Waals surface area contributed by atoms with E-state index in [2.05, 4.69) is 0 Å². The van der Waals surface area contributed by atoms with Gasteiger partial charge in [0.1, 0.15) is 5.82 Å². The number of benzene rings is 1. The first-order valence-corrected chi connectivity index (χ1v) is 9.36. The van der Waals surface area contributed by atoms with Gasteiger partial charge < -0.3 is 4.90 Å². The molecule has 4 rings (SSSR count). The SMILES string of the molecule is CCc1c(C(=O)N2CCCCC2)c(C2CC2)nn1-c1cccc(F)c1. The Morgan fingerprint density at radius 1 is 1.24 bits per heavy atom. The third-order valence-electron chi connectivity index (χ3n) is 5.22. The van der Waals surface area contributed by atoms with Crippen LogP contribution in [-0.2, 0) is 6.42 Å². The van der Waals surface area contributed by atoms with Crippen LogP contribution in [0.1, 0.15) is 66.7 Å². The van der Waals surface area contributed by atoms with Gasteiger partial charge in [0.2, 0.25) is 0 Å². The normalized spacial score (nSPS) is 17.8. The highest BCUT2D eigenvalue weighted by Gasteiger charge is 2.36. The fourth-order valence-corrected chi connectivity index (χ4v) is 3.75. The molecule has 1 saturated carbocycles. The number of likely N-dealkylation sites (tertiary alicyclic amines) is 1. The first-order valence-electron chi connectivity index (χ1n) is 9.36. The number of hydrogen-bond donors (Lipinski definition) is 0. The van der Waals surface area contributed by atoms with E-state index in [4.69, 9.17) is 5.10 Å². The quantitative estimate of drug-likeness (QED) is 0.840. The van der Waals surface area contributed by atoms with E-state index < -0.39 is 0 Å². The van der Waals surface area contributed by atoms with E-state index in [-0.39, 0.29) is 11.7 Å². The van der Waals surface area contributed by atoms with Crippen LogP contribution in [0.3, 0.4) is 0 Å². The van der Waals surface area contributed by atoms with E-state index in [1.54, 1.807) is 10.7 Å². The molecule has 5 heteroatoms. The minimum absolute atomic E-state index is 0.112. The maximum Gasteiger partial charge on any atom is 0.257 e. The molecule has 2 fully saturated rings. The van der Waals surface area contributed by atoms with E-state index in [0.29, 0.717) is 18.0 Å². The summed E-state index contributed by atoms with van der Waals surface area (Å²) in [6.45, 7) is 3.70. The standard InChI is InChI=1S/C20H24FN3O/c1-2-17-18(20(25)23-11-4-3-5-12-23)19(14-9-10-14)22-24(17)16-8-6-7-15(21)13-16/h6-8,13-14H,2-5,9-12H2,1H3. The zero-order valence-electron chi connectivity index (χ0n) is 14.7. The van der Waals surface area contributed by atoms with Gasteiger partial charge in [-0.1, -0.05) is 13.0 Å². The van der Waals surface area contributed by atoms with Crippen LogP contribution >= 0.6 is 0 Å². The first-order chi connectivity index (χ1) is 12.2. The van der Waals surface area contributed by atoms with Crippen LogP contribution in [0.25, 0.3) is 5.69 Å². The summed E-state index contributed by atoms with van der Waals surface area (Å²) in [7, 11) is 0. The van der Waals surface area contributed by atoms with Gasteiger partial charge in [0, 0.05) is 19.0 Å². The fraction of sp³-hybridized carbons (Fsp3) is 0.500. The monoisotopic (exact) mass is 341 g/mol. The van der Waals surface area contributed by atoms with Gasteiger partial charge in [-0.3, -0.25) is 4.79 Å². The minimum Gasteiger partial charge on any atom is -0.339 e. The molecule has 1 aliphatic carbocycles. The van der Waals surface area contributed by atoms with Gasteiger partial charge in [0.25, 0.3) is 5.91 Å². The summed E-state index contributed by atoms with van der Waals surface area (Å²) in [6, 6.07) is 6.45. The topological polar surface area (TPSA) is 38.1 Å². The molecule has 4 nitrogen and oxygen atoms in total. The van der Waals surface area contributed by atoms with Crippen LogP contribution in [-0.4, -0.2) is 33.7 Å². The maximum atomic E-state index is 13.7. The van der Waals surface area contributed by atoms with Gasteiger partial charge >= 0.3 is 0 Å². The Balaban J connectivity index is 1.80.